The molecule has 0 aliphatic heterocycles. The fraction of sp³-hybridized carbons (Fsp3) is 0.357. The lowest BCUT2D eigenvalue weighted by atomic mass is 10.1. The van der Waals surface area contributed by atoms with Crippen LogP contribution in [0.4, 0.5) is 0 Å². The monoisotopic (exact) mass is 212 g/mol. The van der Waals surface area contributed by atoms with Crippen molar-refractivity contribution in [1.29, 1.82) is 5.26 Å². The van der Waals surface area contributed by atoms with E-state index < -0.39 is 0 Å². The van der Waals surface area contributed by atoms with Gasteiger partial charge in [-0.2, -0.15) is 5.26 Å². The molecule has 0 aromatic heterocycles. The molecule has 1 unspecified atom stereocenters. The SMILES string of the molecule is C#CCC(CC)NCc1ccc(C#N)cc1. The fourth-order valence-corrected chi connectivity index (χ4v) is 1.46. The van der Waals surface area contributed by atoms with Crippen LogP contribution in [0.1, 0.15) is 30.9 Å². The van der Waals surface area contributed by atoms with E-state index in [4.69, 9.17) is 11.7 Å². The summed E-state index contributed by atoms with van der Waals surface area (Å²) in [5, 5.41) is 12.1. The molecule has 0 saturated heterocycles. The van der Waals surface area contributed by atoms with Crippen molar-refractivity contribution in [2.45, 2.75) is 32.4 Å². The van der Waals surface area contributed by atoms with E-state index in [1.807, 2.05) is 24.3 Å². The molecule has 0 aliphatic rings. The molecule has 0 heterocycles. The third-order valence-electron chi connectivity index (χ3n) is 2.53. The fourth-order valence-electron chi connectivity index (χ4n) is 1.46. The van der Waals surface area contributed by atoms with Crippen LogP contribution in [0.3, 0.4) is 0 Å². The van der Waals surface area contributed by atoms with Crippen molar-refractivity contribution in [3.63, 3.8) is 0 Å². The van der Waals surface area contributed by atoms with Crippen LogP contribution in [0, 0.1) is 23.7 Å². The van der Waals surface area contributed by atoms with Gasteiger partial charge < -0.3 is 5.32 Å². The number of hydrogen-bond acceptors (Lipinski definition) is 2. The molecule has 1 N–H and O–H groups in total. The highest BCUT2D eigenvalue weighted by molar-refractivity contribution is 5.31. The Hall–Kier alpha value is -1.77. The molecule has 16 heavy (non-hydrogen) atoms. The molecule has 1 rings (SSSR count). The number of nitriles is 1. The van der Waals surface area contributed by atoms with E-state index in [2.05, 4.69) is 24.2 Å². The number of benzene rings is 1. The predicted molar refractivity (Wildman–Crippen MR) is 65.5 cm³/mol. The van der Waals surface area contributed by atoms with E-state index in [0.29, 0.717) is 11.6 Å². The Bertz CT molecular complexity index is 392. The molecule has 0 radical (unpaired) electrons. The normalized spacial score (nSPS) is 11.4. The Morgan fingerprint density at radius 2 is 2.06 bits per heavy atom. The summed E-state index contributed by atoms with van der Waals surface area (Å²) < 4.78 is 0. The van der Waals surface area contributed by atoms with Crippen LogP contribution in [0.5, 0.6) is 0 Å². The lowest BCUT2D eigenvalue weighted by Gasteiger charge is -2.13. The minimum absolute atomic E-state index is 0.376. The number of nitrogens with one attached hydrogen (secondary N) is 1. The Kier molecular flexibility index (Phi) is 5.12. The van der Waals surface area contributed by atoms with Crippen LogP contribution in [-0.4, -0.2) is 6.04 Å². The number of hydrogen-bond donors (Lipinski definition) is 1. The lowest BCUT2D eigenvalue weighted by Crippen LogP contribution is -2.27. The van der Waals surface area contributed by atoms with E-state index in [9.17, 15) is 0 Å². The van der Waals surface area contributed by atoms with Crippen LogP contribution in [-0.2, 0) is 6.54 Å². The van der Waals surface area contributed by atoms with Gasteiger partial charge in [0.1, 0.15) is 0 Å². The van der Waals surface area contributed by atoms with Gasteiger partial charge in [0.25, 0.3) is 0 Å². The first kappa shape index (κ1) is 12.3. The summed E-state index contributed by atoms with van der Waals surface area (Å²) in [5.74, 6) is 2.67. The maximum Gasteiger partial charge on any atom is 0.0991 e. The zero-order valence-corrected chi connectivity index (χ0v) is 9.53. The standard InChI is InChI=1S/C14H16N2/c1-3-5-14(4-2)16-11-13-8-6-12(10-15)7-9-13/h1,6-9,14,16H,4-5,11H2,2H3. The Morgan fingerprint density at radius 1 is 1.38 bits per heavy atom. The molecule has 2 heteroatoms. The molecule has 2 nitrogen and oxygen atoms in total. The van der Waals surface area contributed by atoms with E-state index in [1.165, 1.54) is 5.56 Å². The molecule has 1 aromatic carbocycles. The maximum absolute atomic E-state index is 8.67. The molecule has 82 valence electrons. The van der Waals surface area contributed by atoms with Gasteiger partial charge in [-0.25, -0.2) is 0 Å². The Morgan fingerprint density at radius 3 is 2.56 bits per heavy atom. The maximum atomic E-state index is 8.67. The smallest absolute Gasteiger partial charge is 0.0991 e. The Balaban J connectivity index is 2.48. The van der Waals surface area contributed by atoms with Crippen molar-refractivity contribution in [2.24, 2.45) is 0 Å². The van der Waals surface area contributed by atoms with E-state index in [1.54, 1.807) is 0 Å². The zero-order chi connectivity index (χ0) is 11.8. The van der Waals surface area contributed by atoms with Crippen LogP contribution in [0.25, 0.3) is 0 Å². The molecule has 0 aliphatic carbocycles. The number of terminal acetylenes is 1. The third kappa shape index (κ3) is 3.77. The van der Waals surface area contributed by atoms with Gasteiger partial charge in [-0.05, 0) is 24.1 Å². The second kappa shape index (κ2) is 6.67. The largest absolute Gasteiger partial charge is 0.309 e. The second-order valence-electron chi connectivity index (χ2n) is 3.70. The molecule has 0 fully saturated rings. The van der Waals surface area contributed by atoms with Crippen LogP contribution in [0.2, 0.25) is 0 Å². The second-order valence-corrected chi connectivity index (χ2v) is 3.70. The highest BCUT2D eigenvalue weighted by Crippen LogP contribution is 2.04. The summed E-state index contributed by atoms with van der Waals surface area (Å²) in [7, 11) is 0. The summed E-state index contributed by atoms with van der Waals surface area (Å²) >= 11 is 0. The third-order valence-corrected chi connectivity index (χ3v) is 2.53. The highest BCUT2D eigenvalue weighted by atomic mass is 14.9. The van der Waals surface area contributed by atoms with Gasteiger partial charge in [0.2, 0.25) is 0 Å². The van der Waals surface area contributed by atoms with Crippen LogP contribution in [0.15, 0.2) is 24.3 Å². The van der Waals surface area contributed by atoms with Gasteiger partial charge in [-0.1, -0.05) is 19.1 Å². The molecule has 1 atom stereocenters. The molecule has 0 spiro atoms. The topological polar surface area (TPSA) is 35.8 Å². The minimum Gasteiger partial charge on any atom is -0.309 e. The summed E-state index contributed by atoms with van der Waals surface area (Å²) in [4.78, 5) is 0. The van der Waals surface area contributed by atoms with Crippen molar-refractivity contribution in [3.8, 4) is 18.4 Å². The average molecular weight is 212 g/mol. The van der Waals surface area contributed by atoms with Crippen molar-refractivity contribution in [2.75, 3.05) is 0 Å². The molecular formula is C14H16N2. The molecule has 0 bridgehead atoms. The van der Waals surface area contributed by atoms with Gasteiger partial charge in [0, 0.05) is 19.0 Å². The van der Waals surface area contributed by atoms with Crippen molar-refractivity contribution in [1.82, 2.24) is 5.32 Å². The van der Waals surface area contributed by atoms with Crippen molar-refractivity contribution in [3.05, 3.63) is 35.4 Å². The first-order valence-corrected chi connectivity index (χ1v) is 5.46. The quantitative estimate of drug-likeness (QED) is 0.761. The number of rotatable bonds is 5. The van der Waals surface area contributed by atoms with E-state index in [0.717, 1.165) is 19.4 Å². The van der Waals surface area contributed by atoms with Gasteiger partial charge in [-0.3, -0.25) is 0 Å². The minimum atomic E-state index is 0.376. The molecular weight excluding hydrogens is 196 g/mol. The van der Waals surface area contributed by atoms with Gasteiger partial charge in [-0.15, -0.1) is 12.3 Å². The molecule has 0 saturated carbocycles. The van der Waals surface area contributed by atoms with E-state index >= 15 is 0 Å². The first-order chi connectivity index (χ1) is 7.80. The summed E-state index contributed by atoms with van der Waals surface area (Å²) in [6, 6.07) is 10.1. The lowest BCUT2D eigenvalue weighted by molar-refractivity contribution is 0.507. The van der Waals surface area contributed by atoms with Gasteiger partial charge in [0.15, 0.2) is 0 Å². The summed E-state index contributed by atoms with van der Waals surface area (Å²) in [6.07, 6.45) is 7.07. The van der Waals surface area contributed by atoms with Gasteiger partial charge >= 0.3 is 0 Å². The molecule has 1 aromatic rings. The molecule has 0 amide bonds. The summed E-state index contributed by atoms with van der Waals surface area (Å²) in [6.45, 7) is 2.92. The zero-order valence-electron chi connectivity index (χ0n) is 9.53. The van der Waals surface area contributed by atoms with Crippen molar-refractivity contribution >= 4 is 0 Å². The highest BCUT2D eigenvalue weighted by Gasteiger charge is 2.03. The van der Waals surface area contributed by atoms with Crippen molar-refractivity contribution < 1.29 is 0 Å². The van der Waals surface area contributed by atoms with Gasteiger partial charge in [0.05, 0.1) is 11.6 Å². The van der Waals surface area contributed by atoms with Crippen LogP contribution < -0.4 is 5.32 Å². The first-order valence-electron chi connectivity index (χ1n) is 5.46. The average Bonchev–Trinajstić information content (AvgIpc) is 2.35. The Labute approximate surface area is 97.3 Å². The summed E-state index contributed by atoms with van der Waals surface area (Å²) in [5.41, 5.74) is 1.87. The van der Waals surface area contributed by atoms with Crippen LogP contribution >= 0.6 is 0 Å². The predicted octanol–water partition coefficient (Wildman–Crippen LogP) is 2.45. The number of nitrogens with zero attached hydrogens (tertiary/aromatic N) is 1. The van der Waals surface area contributed by atoms with E-state index in [-0.39, 0.29) is 0 Å².